The van der Waals surface area contributed by atoms with Crippen LogP contribution in [0, 0.1) is 0 Å². The first kappa shape index (κ1) is 11.5. The number of nitrogens with zero attached hydrogens (tertiary/aromatic N) is 1. The zero-order valence-electron chi connectivity index (χ0n) is 10.3. The number of methoxy groups -OCH3 is 1. The fourth-order valence-electron chi connectivity index (χ4n) is 1.88. The van der Waals surface area contributed by atoms with Crippen molar-refractivity contribution in [3.63, 3.8) is 0 Å². The van der Waals surface area contributed by atoms with Crippen molar-refractivity contribution in [3.8, 4) is 16.9 Å². The van der Waals surface area contributed by atoms with Crippen LogP contribution < -0.4 is 10.5 Å². The van der Waals surface area contributed by atoms with Crippen molar-refractivity contribution < 1.29 is 4.74 Å². The molecule has 0 aliphatic carbocycles. The molecular weight excluding hydrogens is 214 g/mol. The van der Waals surface area contributed by atoms with Gasteiger partial charge in [-0.1, -0.05) is 19.9 Å². The number of hydrogen-bond donors (Lipinski definition) is 2. The van der Waals surface area contributed by atoms with Crippen LogP contribution in [0.2, 0.25) is 0 Å². The van der Waals surface area contributed by atoms with Crippen LogP contribution in [0.1, 0.15) is 25.3 Å². The maximum absolute atomic E-state index is 5.82. The second-order valence-corrected chi connectivity index (χ2v) is 4.31. The summed E-state index contributed by atoms with van der Waals surface area (Å²) in [5, 5.41) is 6.67. The van der Waals surface area contributed by atoms with Crippen LogP contribution in [-0.4, -0.2) is 17.3 Å². The number of benzene rings is 1. The lowest BCUT2D eigenvalue weighted by Gasteiger charge is -2.13. The highest BCUT2D eigenvalue weighted by atomic mass is 16.5. The molecule has 90 valence electrons. The third-order valence-corrected chi connectivity index (χ3v) is 2.83. The Kier molecular flexibility index (Phi) is 3.04. The second kappa shape index (κ2) is 4.49. The summed E-state index contributed by atoms with van der Waals surface area (Å²) in [6.45, 7) is 4.28. The van der Waals surface area contributed by atoms with E-state index in [4.69, 9.17) is 10.5 Å². The minimum absolute atomic E-state index is 0.401. The molecule has 17 heavy (non-hydrogen) atoms. The highest BCUT2D eigenvalue weighted by molar-refractivity contribution is 5.74. The summed E-state index contributed by atoms with van der Waals surface area (Å²) in [7, 11) is 1.69. The van der Waals surface area contributed by atoms with E-state index in [9.17, 15) is 0 Å². The maximum atomic E-state index is 5.82. The van der Waals surface area contributed by atoms with E-state index in [0.717, 1.165) is 16.9 Å². The Hall–Kier alpha value is -1.97. The summed E-state index contributed by atoms with van der Waals surface area (Å²) in [4.78, 5) is 0. The van der Waals surface area contributed by atoms with Gasteiger partial charge in [0, 0.05) is 5.56 Å². The summed E-state index contributed by atoms with van der Waals surface area (Å²) in [5.74, 6) is 1.90. The minimum atomic E-state index is 0.401. The zero-order valence-corrected chi connectivity index (χ0v) is 10.3. The molecular formula is C13H17N3O. The van der Waals surface area contributed by atoms with Gasteiger partial charge in [0.1, 0.15) is 11.6 Å². The third kappa shape index (κ3) is 2.11. The summed E-state index contributed by atoms with van der Waals surface area (Å²) in [6.07, 6.45) is 1.74. The van der Waals surface area contributed by atoms with Crippen LogP contribution in [0.4, 0.5) is 5.82 Å². The van der Waals surface area contributed by atoms with Gasteiger partial charge in [0.2, 0.25) is 0 Å². The summed E-state index contributed by atoms with van der Waals surface area (Å²) in [5.41, 5.74) is 8.97. The fraction of sp³-hybridized carbons (Fsp3) is 0.308. The van der Waals surface area contributed by atoms with Crippen molar-refractivity contribution in [2.75, 3.05) is 12.8 Å². The molecule has 1 aromatic carbocycles. The molecule has 1 aromatic heterocycles. The number of hydrogen-bond acceptors (Lipinski definition) is 3. The van der Waals surface area contributed by atoms with E-state index in [2.05, 4.69) is 30.1 Å². The highest BCUT2D eigenvalue weighted by Crippen LogP contribution is 2.32. The van der Waals surface area contributed by atoms with E-state index in [0.29, 0.717) is 11.7 Å². The Labute approximate surface area is 101 Å². The Morgan fingerprint density at radius 3 is 2.65 bits per heavy atom. The van der Waals surface area contributed by atoms with E-state index in [-0.39, 0.29) is 0 Å². The van der Waals surface area contributed by atoms with Crippen molar-refractivity contribution in [1.29, 1.82) is 0 Å². The van der Waals surface area contributed by atoms with Gasteiger partial charge in [-0.15, -0.1) is 0 Å². The van der Waals surface area contributed by atoms with Gasteiger partial charge in [0.15, 0.2) is 0 Å². The second-order valence-electron chi connectivity index (χ2n) is 4.31. The Bertz CT molecular complexity index is 517. The fourth-order valence-corrected chi connectivity index (χ4v) is 1.88. The first-order valence-electron chi connectivity index (χ1n) is 5.60. The predicted octanol–water partition coefficient (Wildman–Crippen LogP) is 2.79. The number of nitrogen functional groups attached to an aromatic ring is 1. The monoisotopic (exact) mass is 231 g/mol. The van der Waals surface area contributed by atoms with Crippen LogP contribution in [0.15, 0.2) is 24.4 Å². The number of aromatic amines is 1. The van der Waals surface area contributed by atoms with E-state index in [1.807, 2.05) is 12.1 Å². The average Bonchev–Trinajstić information content (AvgIpc) is 2.74. The molecule has 0 aliphatic rings. The molecule has 4 heteroatoms. The number of H-pyrrole nitrogens is 1. The Morgan fingerprint density at radius 1 is 1.35 bits per heavy atom. The molecule has 2 aromatic rings. The first-order valence-corrected chi connectivity index (χ1v) is 5.60. The van der Waals surface area contributed by atoms with E-state index in [1.165, 1.54) is 5.56 Å². The van der Waals surface area contributed by atoms with Gasteiger partial charge in [0.25, 0.3) is 0 Å². The maximum Gasteiger partial charge on any atom is 0.126 e. The van der Waals surface area contributed by atoms with Gasteiger partial charge in [0.05, 0.1) is 13.3 Å². The van der Waals surface area contributed by atoms with Gasteiger partial charge in [-0.3, -0.25) is 5.10 Å². The molecule has 2 rings (SSSR count). The molecule has 3 N–H and O–H groups in total. The van der Waals surface area contributed by atoms with Crippen LogP contribution in [-0.2, 0) is 0 Å². The number of nitrogens with two attached hydrogens (primary N) is 1. The van der Waals surface area contributed by atoms with Gasteiger partial charge in [-0.25, -0.2) is 0 Å². The van der Waals surface area contributed by atoms with Crippen molar-refractivity contribution in [1.82, 2.24) is 10.2 Å². The SMILES string of the molecule is COc1ccc(-c2cn[nH]c2N)cc1C(C)C. The number of anilines is 1. The lowest BCUT2D eigenvalue weighted by molar-refractivity contribution is 0.407. The molecule has 0 atom stereocenters. The molecule has 4 nitrogen and oxygen atoms in total. The van der Waals surface area contributed by atoms with Gasteiger partial charge in [-0.2, -0.15) is 5.10 Å². The van der Waals surface area contributed by atoms with E-state index in [1.54, 1.807) is 13.3 Å². The van der Waals surface area contributed by atoms with Crippen LogP contribution in [0.3, 0.4) is 0 Å². The predicted molar refractivity (Wildman–Crippen MR) is 69.1 cm³/mol. The normalized spacial score (nSPS) is 10.8. The standard InChI is InChI=1S/C13H17N3O/c1-8(2)10-6-9(4-5-12(10)17-3)11-7-15-16-13(11)14/h4-8H,1-3H3,(H3,14,15,16). The third-order valence-electron chi connectivity index (χ3n) is 2.83. The lowest BCUT2D eigenvalue weighted by Crippen LogP contribution is -1.95. The molecule has 0 radical (unpaired) electrons. The number of ether oxygens (including phenoxy) is 1. The average molecular weight is 231 g/mol. The van der Waals surface area contributed by atoms with Crippen LogP contribution in [0.25, 0.3) is 11.1 Å². The number of nitrogens with one attached hydrogen (secondary N) is 1. The van der Waals surface area contributed by atoms with Crippen molar-refractivity contribution in [2.24, 2.45) is 0 Å². The molecule has 1 heterocycles. The lowest BCUT2D eigenvalue weighted by atomic mass is 9.97. The van der Waals surface area contributed by atoms with Crippen molar-refractivity contribution >= 4 is 5.82 Å². The first-order chi connectivity index (χ1) is 8.13. The quantitative estimate of drug-likeness (QED) is 0.853. The van der Waals surface area contributed by atoms with Crippen LogP contribution >= 0.6 is 0 Å². The topological polar surface area (TPSA) is 63.9 Å². The van der Waals surface area contributed by atoms with Crippen LogP contribution in [0.5, 0.6) is 5.75 Å². The van der Waals surface area contributed by atoms with E-state index < -0.39 is 0 Å². The van der Waals surface area contributed by atoms with E-state index >= 15 is 0 Å². The molecule has 0 bridgehead atoms. The van der Waals surface area contributed by atoms with Crippen molar-refractivity contribution in [3.05, 3.63) is 30.0 Å². The minimum Gasteiger partial charge on any atom is -0.496 e. The molecule has 0 unspecified atom stereocenters. The Balaban J connectivity index is 2.51. The molecule has 0 spiro atoms. The zero-order chi connectivity index (χ0) is 12.4. The number of aromatic nitrogens is 2. The van der Waals surface area contributed by atoms with Gasteiger partial charge in [-0.05, 0) is 29.2 Å². The largest absolute Gasteiger partial charge is 0.496 e. The molecule has 0 amide bonds. The highest BCUT2D eigenvalue weighted by Gasteiger charge is 2.11. The summed E-state index contributed by atoms with van der Waals surface area (Å²) < 4.78 is 5.35. The number of rotatable bonds is 3. The van der Waals surface area contributed by atoms with Gasteiger partial charge < -0.3 is 10.5 Å². The molecule has 0 fully saturated rings. The van der Waals surface area contributed by atoms with Gasteiger partial charge >= 0.3 is 0 Å². The molecule has 0 aliphatic heterocycles. The molecule has 0 saturated heterocycles. The summed E-state index contributed by atoms with van der Waals surface area (Å²) in [6, 6.07) is 6.06. The van der Waals surface area contributed by atoms with Crippen molar-refractivity contribution in [2.45, 2.75) is 19.8 Å². The molecule has 0 saturated carbocycles. The summed E-state index contributed by atoms with van der Waals surface area (Å²) >= 11 is 0. The smallest absolute Gasteiger partial charge is 0.126 e. The Morgan fingerprint density at radius 2 is 2.12 bits per heavy atom.